The number of rotatable bonds is 8. The van der Waals surface area contributed by atoms with Crippen molar-refractivity contribution in [1.29, 1.82) is 0 Å². The lowest BCUT2D eigenvalue weighted by molar-refractivity contribution is 0.102. The zero-order valence-corrected chi connectivity index (χ0v) is 17.2. The highest BCUT2D eigenvalue weighted by Gasteiger charge is 2.17. The number of hydrogen-bond donors (Lipinski definition) is 0. The molecule has 0 aliphatic heterocycles. The van der Waals surface area contributed by atoms with Crippen LogP contribution in [0.1, 0.15) is 15.9 Å². The maximum Gasteiger partial charge on any atom is 0.192 e. The van der Waals surface area contributed by atoms with Gasteiger partial charge in [0.25, 0.3) is 0 Å². The monoisotopic (exact) mass is 416 g/mol. The van der Waals surface area contributed by atoms with E-state index in [-0.39, 0.29) is 11.5 Å². The number of thioether (sulfide) groups is 1. The van der Waals surface area contributed by atoms with Gasteiger partial charge in [0.05, 0.1) is 19.4 Å². The van der Waals surface area contributed by atoms with Gasteiger partial charge >= 0.3 is 0 Å². The quantitative estimate of drug-likeness (QED) is 0.314. The maximum absolute atomic E-state index is 12.6. The number of Topliss-reactive ketones (excluding diaryl/α,β-unsaturated/α-hetero) is 1. The van der Waals surface area contributed by atoms with Crippen molar-refractivity contribution in [3.63, 3.8) is 0 Å². The van der Waals surface area contributed by atoms with E-state index in [0.717, 1.165) is 22.7 Å². The lowest BCUT2D eigenvalue weighted by Gasteiger charge is -2.10. The lowest BCUT2D eigenvalue weighted by Crippen LogP contribution is -2.07. The molecule has 2 heterocycles. The zero-order valence-electron chi connectivity index (χ0n) is 16.4. The molecule has 0 bridgehead atoms. The fraction of sp³-hybridized carbons (Fsp3) is 0.130. The van der Waals surface area contributed by atoms with Gasteiger partial charge in [0.2, 0.25) is 0 Å². The Morgan fingerprint density at radius 3 is 2.50 bits per heavy atom. The van der Waals surface area contributed by atoms with Gasteiger partial charge in [-0.05, 0) is 42.0 Å². The molecule has 0 atom stereocenters. The van der Waals surface area contributed by atoms with Crippen LogP contribution in [-0.2, 0) is 6.54 Å². The van der Waals surface area contributed by atoms with Gasteiger partial charge in [-0.3, -0.25) is 14.3 Å². The number of aromatic nitrogens is 4. The summed E-state index contributed by atoms with van der Waals surface area (Å²) in [5.41, 5.74) is 2.66. The van der Waals surface area contributed by atoms with Crippen LogP contribution in [0.5, 0.6) is 5.75 Å². The molecule has 2 aromatic heterocycles. The predicted octanol–water partition coefficient (Wildman–Crippen LogP) is 4.37. The number of pyridine rings is 1. The van der Waals surface area contributed by atoms with Crippen LogP contribution in [0.2, 0.25) is 0 Å². The SMILES string of the molecule is COc1ccc(C(=O)CSc2nnc(-c3cccnc3)n2Cc2ccccc2)cc1. The normalized spacial score (nSPS) is 10.7. The summed E-state index contributed by atoms with van der Waals surface area (Å²) in [5.74, 6) is 1.75. The second-order valence-electron chi connectivity index (χ2n) is 6.56. The van der Waals surface area contributed by atoms with Crippen LogP contribution >= 0.6 is 11.8 Å². The van der Waals surface area contributed by atoms with E-state index < -0.39 is 0 Å². The Labute approximate surface area is 179 Å². The number of benzene rings is 2. The van der Waals surface area contributed by atoms with Crippen LogP contribution < -0.4 is 4.74 Å². The molecule has 0 fully saturated rings. The Morgan fingerprint density at radius 2 is 1.80 bits per heavy atom. The first-order chi connectivity index (χ1) is 14.7. The summed E-state index contributed by atoms with van der Waals surface area (Å²) in [6, 6.07) is 21.1. The average Bonchev–Trinajstić information content (AvgIpc) is 3.21. The minimum Gasteiger partial charge on any atom is -0.497 e. The Kier molecular flexibility index (Phi) is 6.20. The first kappa shape index (κ1) is 19.8. The standard InChI is InChI=1S/C23H20N4O2S/c1-29-20-11-9-18(10-12-20)21(28)16-30-23-26-25-22(19-8-5-13-24-14-19)27(23)15-17-6-3-2-4-7-17/h2-14H,15-16H2,1H3. The molecule has 0 unspecified atom stereocenters. The van der Waals surface area contributed by atoms with E-state index in [0.29, 0.717) is 17.3 Å². The van der Waals surface area contributed by atoms with Crippen LogP contribution in [0.15, 0.2) is 84.3 Å². The molecule has 0 aliphatic rings. The van der Waals surface area contributed by atoms with Crippen LogP contribution in [0, 0.1) is 0 Å². The molecule has 2 aromatic carbocycles. The Bertz CT molecular complexity index is 1110. The number of hydrogen-bond acceptors (Lipinski definition) is 6. The summed E-state index contributed by atoms with van der Waals surface area (Å²) in [6.07, 6.45) is 3.49. The van der Waals surface area contributed by atoms with Crippen molar-refractivity contribution in [2.45, 2.75) is 11.7 Å². The summed E-state index contributed by atoms with van der Waals surface area (Å²) >= 11 is 1.38. The lowest BCUT2D eigenvalue weighted by atomic mass is 10.1. The molecule has 0 amide bonds. The first-order valence-corrected chi connectivity index (χ1v) is 10.4. The van der Waals surface area contributed by atoms with Crippen molar-refractivity contribution >= 4 is 17.5 Å². The minimum atomic E-state index is 0.0276. The van der Waals surface area contributed by atoms with Crippen molar-refractivity contribution < 1.29 is 9.53 Å². The van der Waals surface area contributed by atoms with E-state index in [9.17, 15) is 4.79 Å². The summed E-state index contributed by atoms with van der Waals surface area (Å²) < 4.78 is 7.18. The van der Waals surface area contributed by atoms with Crippen LogP contribution in [0.4, 0.5) is 0 Å². The number of carbonyl (C=O) groups is 1. The molecule has 6 nitrogen and oxygen atoms in total. The highest BCUT2D eigenvalue weighted by molar-refractivity contribution is 7.99. The molecular formula is C23H20N4O2S. The molecule has 150 valence electrons. The van der Waals surface area contributed by atoms with Crippen LogP contribution in [0.3, 0.4) is 0 Å². The van der Waals surface area contributed by atoms with Gasteiger partial charge in [0.15, 0.2) is 16.8 Å². The van der Waals surface area contributed by atoms with Gasteiger partial charge in [-0.1, -0.05) is 42.1 Å². The van der Waals surface area contributed by atoms with Crippen molar-refractivity contribution in [3.05, 3.63) is 90.3 Å². The Morgan fingerprint density at radius 1 is 1.00 bits per heavy atom. The molecule has 4 rings (SSSR count). The number of nitrogens with zero attached hydrogens (tertiary/aromatic N) is 4. The van der Waals surface area contributed by atoms with E-state index in [1.54, 1.807) is 43.8 Å². The van der Waals surface area contributed by atoms with E-state index in [1.165, 1.54) is 11.8 Å². The molecule has 0 saturated carbocycles. The Balaban J connectivity index is 1.57. The van der Waals surface area contributed by atoms with Gasteiger partial charge in [-0.15, -0.1) is 10.2 Å². The van der Waals surface area contributed by atoms with E-state index >= 15 is 0 Å². The zero-order chi connectivity index (χ0) is 20.8. The maximum atomic E-state index is 12.6. The molecule has 0 aliphatic carbocycles. The summed E-state index contributed by atoms with van der Waals surface area (Å²) in [5, 5.41) is 9.43. The molecule has 30 heavy (non-hydrogen) atoms. The minimum absolute atomic E-state index is 0.0276. The number of methoxy groups -OCH3 is 1. The first-order valence-electron chi connectivity index (χ1n) is 9.42. The third-order valence-corrected chi connectivity index (χ3v) is 5.53. The third-order valence-electron chi connectivity index (χ3n) is 4.56. The van der Waals surface area contributed by atoms with Gasteiger partial charge in [0.1, 0.15) is 5.75 Å². The van der Waals surface area contributed by atoms with E-state index in [4.69, 9.17) is 4.74 Å². The van der Waals surface area contributed by atoms with Crippen LogP contribution in [0.25, 0.3) is 11.4 Å². The molecule has 4 aromatic rings. The average molecular weight is 417 g/mol. The third kappa shape index (κ3) is 4.58. The van der Waals surface area contributed by atoms with Crippen LogP contribution in [-0.4, -0.2) is 38.4 Å². The van der Waals surface area contributed by atoms with Crippen molar-refractivity contribution in [1.82, 2.24) is 19.7 Å². The van der Waals surface area contributed by atoms with E-state index in [1.807, 2.05) is 34.9 Å². The molecule has 0 saturated heterocycles. The van der Waals surface area contributed by atoms with Gasteiger partial charge in [-0.2, -0.15) is 0 Å². The van der Waals surface area contributed by atoms with Gasteiger partial charge < -0.3 is 4.74 Å². The molecule has 0 radical (unpaired) electrons. The fourth-order valence-corrected chi connectivity index (χ4v) is 3.84. The highest BCUT2D eigenvalue weighted by atomic mass is 32.2. The summed E-state index contributed by atoms with van der Waals surface area (Å²) in [6.45, 7) is 0.608. The Hall–Kier alpha value is -3.45. The smallest absolute Gasteiger partial charge is 0.192 e. The van der Waals surface area contributed by atoms with Crippen molar-refractivity contribution in [2.75, 3.05) is 12.9 Å². The highest BCUT2D eigenvalue weighted by Crippen LogP contribution is 2.25. The second-order valence-corrected chi connectivity index (χ2v) is 7.50. The second kappa shape index (κ2) is 9.37. The number of carbonyl (C=O) groups excluding carboxylic acids is 1. The largest absolute Gasteiger partial charge is 0.497 e. The van der Waals surface area contributed by atoms with Gasteiger partial charge in [-0.25, -0.2) is 0 Å². The number of ketones is 1. The van der Waals surface area contributed by atoms with E-state index in [2.05, 4.69) is 27.3 Å². The van der Waals surface area contributed by atoms with Crippen molar-refractivity contribution in [2.24, 2.45) is 0 Å². The fourth-order valence-electron chi connectivity index (χ4n) is 3.00. The molecule has 0 spiro atoms. The summed E-state index contributed by atoms with van der Waals surface area (Å²) in [7, 11) is 1.60. The molecule has 0 N–H and O–H groups in total. The molecule has 7 heteroatoms. The summed E-state index contributed by atoms with van der Waals surface area (Å²) in [4.78, 5) is 16.8. The predicted molar refractivity (Wildman–Crippen MR) is 117 cm³/mol. The molecular weight excluding hydrogens is 396 g/mol. The van der Waals surface area contributed by atoms with Crippen molar-refractivity contribution in [3.8, 4) is 17.1 Å². The number of ether oxygens (including phenoxy) is 1. The topological polar surface area (TPSA) is 69.9 Å². The van der Waals surface area contributed by atoms with Gasteiger partial charge in [0, 0.05) is 23.5 Å².